The van der Waals surface area contributed by atoms with Gasteiger partial charge in [0.05, 0.1) is 12.2 Å². The summed E-state index contributed by atoms with van der Waals surface area (Å²) in [6.07, 6.45) is 10.6. The fraction of sp³-hybridized carbons (Fsp3) is 0.500. The molecular weight excluding hydrogens is 432 g/mol. The van der Waals surface area contributed by atoms with Crippen molar-refractivity contribution >= 4 is 6.08 Å². The molecule has 0 aromatic heterocycles. The fourth-order valence-corrected chi connectivity index (χ4v) is 5.29. The van der Waals surface area contributed by atoms with E-state index in [-0.39, 0.29) is 5.41 Å². The van der Waals surface area contributed by atoms with E-state index in [1.54, 1.807) is 0 Å². The first kappa shape index (κ1) is 27.1. The van der Waals surface area contributed by atoms with E-state index in [0.717, 1.165) is 55.8 Å². The Hall–Kier alpha value is -2.52. The summed E-state index contributed by atoms with van der Waals surface area (Å²) in [6.45, 7) is 16.3. The van der Waals surface area contributed by atoms with Gasteiger partial charge in [0.25, 0.3) is 0 Å². The van der Waals surface area contributed by atoms with Crippen molar-refractivity contribution in [1.29, 1.82) is 0 Å². The second-order valence-corrected chi connectivity index (χ2v) is 10.0. The molecule has 3 heteroatoms. The maximum atomic E-state index is 10.7. The molecule has 0 saturated carbocycles. The summed E-state index contributed by atoms with van der Waals surface area (Å²) >= 11 is 0. The summed E-state index contributed by atoms with van der Waals surface area (Å²) in [6, 6.07) is 11.4. The normalized spacial score (nSPS) is 14.3. The van der Waals surface area contributed by atoms with Crippen LogP contribution in [-0.4, -0.2) is 23.9 Å². The van der Waals surface area contributed by atoms with Crippen molar-refractivity contribution in [3.63, 3.8) is 0 Å². The van der Waals surface area contributed by atoms with Gasteiger partial charge < -0.3 is 14.6 Å². The minimum Gasteiger partial charge on any atom is -0.494 e. The van der Waals surface area contributed by atoms with E-state index in [0.29, 0.717) is 6.61 Å². The van der Waals surface area contributed by atoms with Gasteiger partial charge in [-0.3, -0.25) is 0 Å². The third kappa shape index (κ3) is 5.83. The minimum atomic E-state index is -0.735. The molecule has 2 aromatic carbocycles. The Balaban J connectivity index is 1.94. The van der Waals surface area contributed by atoms with Crippen LogP contribution in [0.15, 0.2) is 48.2 Å². The largest absolute Gasteiger partial charge is 0.494 e. The van der Waals surface area contributed by atoms with Gasteiger partial charge in [-0.15, -0.1) is 0 Å². The van der Waals surface area contributed by atoms with Crippen molar-refractivity contribution in [2.45, 2.75) is 91.6 Å². The van der Waals surface area contributed by atoms with Crippen LogP contribution in [0.25, 0.3) is 6.08 Å². The molecule has 0 atom stereocenters. The van der Waals surface area contributed by atoms with Gasteiger partial charge in [0.2, 0.25) is 0 Å². The van der Waals surface area contributed by atoms with E-state index in [4.69, 9.17) is 9.47 Å². The molecule has 1 aliphatic heterocycles. The lowest BCUT2D eigenvalue weighted by molar-refractivity contribution is 0.0836. The van der Waals surface area contributed by atoms with Gasteiger partial charge in [-0.1, -0.05) is 70.2 Å². The van der Waals surface area contributed by atoms with Crippen molar-refractivity contribution in [2.24, 2.45) is 0 Å². The van der Waals surface area contributed by atoms with E-state index < -0.39 is 5.60 Å². The first-order valence-corrected chi connectivity index (χ1v) is 13.3. The molecule has 0 aliphatic carbocycles. The van der Waals surface area contributed by atoms with E-state index in [1.165, 1.54) is 27.8 Å². The summed E-state index contributed by atoms with van der Waals surface area (Å²) in [4.78, 5) is 0. The first-order chi connectivity index (χ1) is 16.7. The zero-order valence-corrected chi connectivity index (χ0v) is 22.8. The molecule has 1 heterocycles. The molecule has 0 radical (unpaired) electrons. The number of ether oxygens (including phenoxy) is 2. The third-order valence-corrected chi connectivity index (χ3v) is 7.98. The van der Waals surface area contributed by atoms with Crippen molar-refractivity contribution in [1.82, 2.24) is 0 Å². The Labute approximate surface area is 212 Å². The smallest absolute Gasteiger partial charge is 0.145 e. The van der Waals surface area contributed by atoms with Gasteiger partial charge in [-0.25, -0.2) is 0 Å². The van der Waals surface area contributed by atoms with Crippen LogP contribution in [0.5, 0.6) is 5.75 Å². The Morgan fingerprint density at radius 2 is 1.51 bits per heavy atom. The Bertz CT molecular complexity index is 1050. The number of rotatable bonds is 11. The second kappa shape index (κ2) is 11.5. The van der Waals surface area contributed by atoms with E-state index in [2.05, 4.69) is 77.1 Å². The molecular formula is C32H44O3. The molecule has 0 unspecified atom stereocenters. The molecule has 1 aliphatic rings. The van der Waals surface area contributed by atoms with Crippen molar-refractivity contribution in [3.05, 3.63) is 81.6 Å². The van der Waals surface area contributed by atoms with Crippen LogP contribution in [0.2, 0.25) is 0 Å². The molecule has 3 nitrogen and oxygen atoms in total. The summed E-state index contributed by atoms with van der Waals surface area (Å²) in [5, 5.41) is 10.7. The van der Waals surface area contributed by atoms with Crippen LogP contribution in [0, 0.1) is 20.8 Å². The highest BCUT2D eigenvalue weighted by Gasteiger charge is 2.32. The summed E-state index contributed by atoms with van der Waals surface area (Å²) in [7, 11) is 0. The Kier molecular flexibility index (Phi) is 8.88. The highest BCUT2D eigenvalue weighted by atomic mass is 16.5. The number of aryl methyl sites for hydroxylation is 3. The lowest BCUT2D eigenvalue weighted by atomic mass is 9.69. The van der Waals surface area contributed by atoms with E-state index in [9.17, 15) is 5.11 Å². The average molecular weight is 477 g/mol. The highest BCUT2D eigenvalue weighted by Crippen LogP contribution is 2.42. The number of benzene rings is 2. The molecule has 0 bridgehead atoms. The predicted molar refractivity (Wildman–Crippen MR) is 147 cm³/mol. The molecule has 0 fully saturated rings. The molecule has 0 amide bonds. The highest BCUT2D eigenvalue weighted by molar-refractivity contribution is 5.57. The summed E-state index contributed by atoms with van der Waals surface area (Å²) in [5.41, 5.74) is 6.62. The second-order valence-electron chi connectivity index (χ2n) is 10.0. The van der Waals surface area contributed by atoms with E-state index in [1.807, 2.05) is 19.9 Å². The topological polar surface area (TPSA) is 38.7 Å². The monoisotopic (exact) mass is 476 g/mol. The molecule has 0 saturated heterocycles. The van der Waals surface area contributed by atoms with Gasteiger partial charge in [0.15, 0.2) is 0 Å². The summed E-state index contributed by atoms with van der Waals surface area (Å²) in [5.74, 6) is 1.90. The van der Waals surface area contributed by atoms with Gasteiger partial charge in [-0.05, 0) is 85.9 Å². The van der Waals surface area contributed by atoms with Crippen LogP contribution in [-0.2, 0) is 10.2 Å². The SMILES string of the molecule is CCC(O)(C=Cc1ccc(C(CC)(CC)c2cc(C)c(OCC3=CCCO3)c(C)c2)cc1C)CC. The maximum Gasteiger partial charge on any atom is 0.145 e. The van der Waals surface area contributed by atoms with Crippen LogP contribution < -0.4 is 4.74 Å². The van der Waals surface area contributed by atoms with E-state index >= 15 is 0 Å². The zero-order valence-electron chi connectivity index (χ0n) is 22.8. The fourth-order valence-electron chi connectivity index (χ4n) is 5.29. The van der Waals surface area contributed by atoms with Gasteiger partial charge in [0.1, 0.15) is 18.1 Å². The van der Waals surface area contributed by atoms with Gasteiger partial charge >= 0.3 is 0 Å². The molecule has 0 spiro atoms. The van der Waals surface area contributed by atoms with Crippen LogP contribution >= 0.6 is 0 Å². The Morgan fingerprint density at radius 1 is 0.886 bits per heavy atom. The van der Waals surface area contributed by atoms with Gasteiger partial charge in [-0.2, -0.15) is 0 Å². The molecule has 190 valence electrons. The average Bonchev–Trinajstić information content (AvgIpc) is 3.37. The quantitative estimate of drug-likeness (QED) is 0.357. The standard InChI is InChI=1S/C32H44O3/c1-8-31(33,9-2)17-16-26-14-15-27(19-23(26)5)32(10-3,11-4)28-20-24(6)30(25(7)21-28)35-22-29-13-12-18-34-29/h13-17,19-21,33H,8-12,18,22H2,1-7H3. The lowest BCUT2D eigenvalue weighted by Crippen LogP contribution is -2.26. The van der Waals surface area contributed by atoms with Crippen molar-refractivity contribution in [2.75, 3.05) is 13.2 Å². The van der Waals surface area contributed by atoms with Gasteiger partial charge in [0, 0.05) is 11.8 Å². The third-order valence-electron chi connectivity index (χ3n) is 7.98. The number of hydrogen-bond donors (Lipinski definition) is 1. The van der Waals surface area contributed by atoms with Crippen LogP contribution in [0.3, 0.4) is 0 Å². The lowest BCUT2D eigenvalue weighted by Gasteiger charge is -2.35. The Morgan fingerprint density at radius 3 is 2.03 bits per heavy atom. The number of aliphatic hydroxyl groups is 1. The molecule has 1 N–H and O–H groups in total. The maximum absolute atomic E-state index is 10.7. The zero-order chi connectivity index (χ0) is 25.6. The van der Waals surface area contributed by atoms with Crippen molar-refractivity contribution in [3.8, 4) is 5.75 Å². The number of hydrogen-bond acceptors (Lipinski definition) is 3. The van der Waals surface area contributed by atoms with Crippen LogP contribution in [0.4, 0.5) is 0 Å². The molecule has 3 rings (SSSR count). The molecule has 35 heavy (non-hydrogen) atoms. The first-order valence-electron chi connectivity index (χ1n) is 13.3. The molecule has 2 aromatic rings. The summed E-state index contributed by atoms with van der Waals surface area (Å²) < 4.78 is 11.8. The predicted octanol–water partition coefficient (Wildman–Crippen LogP) is 7.97. The van der Waals surface area contributed by atoms with Crippen LogP contribution in [0.1, 0.15) is 93.2 Å². The van der Waals surface area contributed by atoms with Crippen molar-refractivity contribution < 1.29 is 14.6 Å². The minimum absolute atomic E-state index is 0.0638.